The van der Waals surface area contributed by atoms with Crippen LogP contribution in [0.25, 0.3) is 0 Å². The number of ether oxygens (including phenoxy) is 2. The van der Waals surface area contributed by atoms with Crippen molar-refractivity contribution in [3.05, 3.63) is 0 Å². The molecule has 8 heteroatoms. The number of rotatable bonds is 4. The van der Waals surface area contributed by atoms with E-state index >= 15 is 0 Å². The summed E-state index contributed by atoms with van der Waals surface area (Å²) in [6.07, 6.45) is 3.44. The van der Waals surface area contributed by atoms with E-state index < -0.39 is 45.9 Å². The van der Waals surface area contributed by atoms with Gasteiger partial charge < -0.3 is 15.3 Å². The SMILES string of the molecule is C[C@@]12C(CC(=O)C34OC31O4)C[C@@H](C(=O)O)[C@@H]1[C@@H]2CC[C@@]2(C)[C@H]1CC[C@@]2(O)CCC(=O)O. The van der Waals surface area contributed by atoms with Crippen LogP contribution in [0.5, 0.6) is 0 Å². The minimum Gasteiger partial charge on any atom is -0.481 e. The molecule has 2 heterocycles. The summed E-state index contributed by atoms with van der Waals surface area (Å²) in [4.78, 5) is 36.2. The zero-order valence-electron chi connectivity index (χ0n) is 17.9. The fourth-order valence-corrected chi connectivity index (χ4v) is 8.97. The number of hydrogen-bond donors (Lipinski definition) is 3. The molecule has 1 unspecified atom stereocenters. The van der Waals surface area contributed by atoms with Crippen molar-refractivity contribution in [2.45, 2.75) is 82.4 Å². The van der Waals surface area contributed by atoms with Crippen molar-refractivity contribution in [3.63, 3.8) is 0 Å². The number of aliphatic carboxylic acids is 2. The summed E-state index contributed by atoms with van der Waals surface area (Å²) in [5, 5.41) is 30.9. The highest BCUT2D eigenvalue weighted by Crippen LogP contribution is 2.85. The van der Waals surface area contributed by atoms with E-state index in [0.717, 1.165) is 6.42 Å². The maximum atomic E-state index is 12.6. The number of carboxylic acid groups (broad SMARTS) is 2. The van der Waals surface area contributed by atoms with Crippen LogP contribution in [0, 0.1) is 40.4 Å². The Morgan fingerprint density at radius 1 is 1.10 bits per heavy atom. The second-order valence-corrected chi connectivity index (χ2v) is 11.4. The van der Waals surface area contributed by atoms with Gasteiger partial charge in [-0.05, 0) is 67.6 Å². The van der Waals surface area contributed by atoms with Crippen LogP contribution in [-0.4, -0.2) is 50.2 Å². The lowest BCUT2D eigenvalue weighted by atomic mass is 9.42. The molecule has 4 saturated carbocycles. The quantitative estimate of drug-likeness (QED) is 0.573. The third kappa shape index (κ3) is 2.02. The van der Waals surface area contributed by atoms with Crippen LogP contribution in [0.2, 0.25) is 0 Å². The van der Waals surface area contributed by atoms with Crippen molar-refractivity contribution in [2.75, 3.05) is 0 Å². The number of carboxylic acids is 2. The second-order valence-electron chi connectivity index (χ2n) is 11.4. The van der Waals surface area contributed by atoms with E-state index in [1.807, 2.05) is 6.92 Å². The fourth-order valence-electron chi connectivity index (χ4n) is 8.97. The molecule has 0 amide bonds. The number of ketones is 1. The van der Waals surface area contributed by atoms with E-state index in [0.29, 0.717) is 32.1 Å². The van der Waals surface area contributed by atoms with Gasteiger partial charge in [-0.1, -0.05) is 13.8 Å². The molecule has 8 nitrogen and oxygen atoms in total. The van der Waals surface area contributed by atoms with Gasteiger partial charge in [-0.15, -0.1) is 0 Å². The number of epoxide rings is 2. The highest BCUT2D eigenvalue weighted by atomic mass is 17.1. The van der Waals surface area contributed by atoms with E-state index in [-0.39, 0.29) is 42.3 Å². The zero-order chi connectivity index (χ0) is 22.2. The van der Waals surface area contributed by atoms with Crippen molar-refractivity contribution in [1.82, 2.24) is 0 Å². The first-order valence-corrected chi connectivity index (χ1v) is 11.6. The van der Waals surface area contributed by atoms with Gasteiger partial charge in [0.1, 0.15) is 0 Å². The first kappa shape index (κ1) is 20.1. The van der Waals surface area contributed by atoms with Gasteiger partial charge in [0.25, 0.3) is 5.79 Å². The van der Waals surface area contributed by atoms with Crippen LogP contribution in [-0.2, 0) is 23.9 Å². The van der Waals surface area contributed by atoms with Crippen LogP contribution in [0.15, 0.2) is 0 Å². The average Bonchev–Trinajstić information content (AvgIpc) is 3.52. The maximum Gasteiger partial charge on any atom is 0.306 e. The molecule has 8 atom stereocenters. The minimum absolute atomic E-state index is 0.00940. The Balaban J connectivity index is 1.39. The number of Topliss-reactive ketones (excluding diaryl/α,β-unsaturated/α-hetero) is 1. The topological polar surface area (TPSA) is 137 Å². The molecule has 4 aliphatic carbocycles. The molecule has 6 aliphatic rings. The van der Waals surface area contributed by atoms with Crippen LogP contribution in [0.4, 0.5) is 0 Å². The average molecular weight is 434 g/mol. The van der Waals surface area contributed by atoms with Crippen LogP contribution in [0.3, 0.4) is 0 Å². The smallest absolute Gasteiger partial charge is 0.306 e. The Kier molecular flexibility index (Phi) is 3.58. The third-order valence-corrected chi connectivity index (χ3v) is 10.8. The Hall–Kier alpha value is -1.51. The Morgan fingerprint density at radius 2 is 1.77 bits per heavy atom. The van der Waals surface area contributed by atoms with E-state index in [9.17, 15) is 29.7 Å². The number of carbonyl (C=O) groups is 3. The second kappa shape index (κ2) is 5.51. The molecule has 31 heavy (non-hydrogen) atoms. The molecule has 0 aromatic heterocycles. The first-order valence-electron chi connectivity index (χ1n) is 11.6. The van der Waals surface area contributed by atoms with Gasteiger partial charge in [0.15, 0.2) is 5.78 Å². The van der Waals surface area contributed by atoms with Gasteiger partial charge >= 0.3 is 11.9 Å². The highest BCUT2D eigenvalue weighted by molar-refractivity contribution is 5.95. The van der Waals surface area contributed by atoms with Gasteiger partial charge in [0, 0.05) is 18.3 Å². The fraction of sp³-hybridized carbons (Fsp3) is 0.870. The van der Waals surface area contributed by atoms with E-state index in [2.05, 4.69) is 6.92 Å². The van der Waals surface area contributed by atoms with Gasteiger partial charge in [0.05, 0.1) is 11.5 Å². The molecular formula is C23H30O8. The molecule has 0 radical (unpaired) electrons. The van der Waals surface area contributed by atoms with Crippen molar-refractivity contribution in [2.24, 2.45) is 40.4 Å². The monoisotopic (exact) mass is 434 g/mol. The Morgan fingerprint density at radius 3 is 2.42 bits per heavy atom. The molecule has 6 fully saturated rings. The summed E-state index contributed by atoms with van der Waals surface area (Å²) < 4.78 is 11.8. The molecule has 3 N–H and O–H groups in total. The van der Waals surface area contributed by atoms with E-state index in [1.165, 1.54) is 0 Å². The molecular weight excluding hydrogens is 404 g/mol. The Bertz CT molecular complexity index is 907. The molecule has 0 aromatic rings. The summed E-state index contributed by atoms with van der Waals surface area (Å²) in [5.41, 5.74) is -2.03. The largest absolute Gasteiger partial charge is 0.481 e. The third-order valence-electron chi connectivity index (χ3n) is 10.8. The number of hydrogen-bond acceptors (Lipinski definition) is 6. The molecule has 2 aliphatic heterocycles. The maximum absolute atomic E-state index is 12.6. The normalized spacial score (nSPS) is 58.3. The summed E-state index contributed by atoms with van der Waals surface area (Å²) >= 11 is 0. The van der Waals surface area contributed by atoms with Crippen molar-refractivity contribution >= 4 is 17.7 Å². The lowest BCUT2D eigenvalue weighted by molar-refractivity contribution is -0.217. The van der Waals surface area contributed by atoms with Gasteiger partial charge in [-0.3, -0.25) is 23.9 Å². The molecule has 0 aromatic carbocycles. The predicted octanol–water partition coefficient (Wildman–Crippen LogP) is 2.18. The van der Waals surface area contributed by atoms with Crippen LogP contribution >= 0.6 is 0 Å². The summed E-state index contributed by atoms with van der Waals surface area (Å²) in [5.74, 6) is -4.56. The molecule has 170 valence electrons. The standard InChI is InChI=1S/C23H30O8/c1-19-6-3-14-17(13(19)4-7-21(19,29)8-5-16(25)26)12(18(27)28)9-11-10-15(24)22-23(30-22,31-22)20(11,14)2/h11-14,17,29H,3-10H2,1-2H3,(H,25,26)(H,27,28)/t11?,12-,13+,14+,17+,19+,20+,21-,22?,23?/m1/s1. The van der Waals surface area contributed by atoms with Crippen molar-refractivity contribution < 1.29 is 39.2 Å². The number of carbonyl (C=O) groups excluding carboxylic acids is 1. The lowest BCUT2D eigenvalue weighted by Gasteiger charge is -2.61. The van der Waals surface area contributed by atoms with Crippen molar-refractivity contribution in [3.8, 4) is 0 Å². The first-order chi connectivity index (χ1) is 14.5. The predicted molar refractivity (Wildman–Crippen MR) is 103 cm³/mol. The van der Waals surface area contributed by atoms with Crippen LogP contribution in [0.1, 0.15) is 65.2 Å². The summed E-state index contributed by atoms with van der Waals surface area (Å²) in [6.45, 7) is 4.16. The van der Waals surface area contributed by atoms with E-state index in [4.69, 9.17) is 9.47 Å². The number of fused-ring (bicyclic) bond motifs is 5. The molecule has 0 spiro atoms. The molecule has 2 saturated heterocycles. The Labute approximate surface area is 180 Å². The van der Waals surface area contributed by atoms with Gasteiger partial charge in [-0.2, -0.15) is 0 Å². The summed E-state index contributed by atoms with van der Waals surface area (Å²) in [7, 11) is 0. The molecule has 6 rings (SSSR count). The molecule has 0 bridgehead atoms. The van der Waals surface area contributed by atoms with Gasteiger partial charge in [0.2, 0.25) is 5.79 Å². The van der Waals surface area contributed by atoms with E-state index in [1.54, 1.807) is 0 Å². The number of aliphatic hydroxyl groups is 1. The van der Waals surface area contributed by atoms with Crippen molar-refractivity contribution in [1.29, 1.82) is 0 Å². The lowest BCUT2D eigenvalue weighted by Crippen LogP contribution is -2.62. The minimum atomic E-state index is -1.10. The summed E-state index contributed by atoms with van der Waals surface area (Å²) in [6, 6.07) is 0. The highest BCUT2D eigenvalue weighted by Gasteiger charge is 3.03. The van der Waals surface area contributed by atoms with Crippen LogP contribution < -0.4 is 0 Å². The zero-order valence-corrected chi connectivity index (χ0v) is 17.9. The van der Waals surface area contributed by atoms with Gasteiger partial charge in [-0.25, -0.2) is 0 Å².